The second-order valence-corrected chi connectivity index (χ2v) is 6.88. The van der Waals surface area contributed by atoms with Crippen molar-refractivity contribution in [2.45, 2.75) is 32.7 Å². The number of carbonyl (C=O) groups is 2. The lowest BCUT2D eigenvalue weighted by atomic mass is 9.98. The maximum Gasteiger partial charge on any atom is 0.335 e. The first-order valence-corrected chi connectivity index (χ1v) is 7.53. The predicted octanol–water partition coefficient (Wildman–Crippen LogP) is 2.46. The van der Waals surface area contributed by atoms with E-state index >= 15 is 0 Å². The molecule has 0 aliphatic carbocycles. The zero-order valence-corrected chi connectivity index (χ0v) is 13.4. The number of nitrogens with one attached hydrogen (secondary N) is 1. The summed E-state index contributed by atoms with van der Waals surface area (Å²) in [4.78, 5) is 23.0. The minimum Gasteiger partial charge on any atom is -0.478 e. The van der Waals surface area contributed by atoms with E-state index in [0.29, 0.717) is 10.6 Å². The van der Waals surface area contributed by atoms with E-state index in [9.17, 15) is 9.59 Å². The van der Waals surface area contributed by atoms with Crippen molar-refractivity contribution in [3.63, 3.8) is 0 Å². The van der Waals surface area contributed by atoms with Gasteiger partial charge in [0.2, 0.25) is 0 Å². The largest absolute Gasteiger partial charge is 0.478 e. The molecule has 0 radical (unpaired) electrons. The molecule has 0 unspecified atom stereocenters. The zero-order chi connectivity index (χ0) is 16.3. The van der Waals surface area contributed by atoms with Crippen LogP contribution in [0.3, 0.4) is 0 Å². The quantitative estimate of drug-likeness (QED) is 0.903. The summed E-state index contributed by atoms with van der Waals surface area (Å²) in [6.45, 7) is 6.41. The average molecular weight is 319 g/mol. The van der Waals surface area contributed by atoms with E-state index in [1.807, 2.05) is 20.8 Å². The molecule has 22 heavy (non-hydrogen) atoms. The topological polar surface area (TPSA) is 92.2 Å². The summed E-state index contributed by atoms with van der Waals surface area (Å²) < 4.78 is 0. The highest BCUT2D eigenvalue weighted by Crippen LogP contribution is 2.25. The van der Waals surface area contributed by atoms with Gasteiger partial charge in [-0.25, -0.2) is 4.79 Å². The van der Waals surface area contributed by atoms with Crippen molar-refractivity contribution in [1.82, 2.24) is 15.5 Å². The molecule has 0 spiro atoms. The fourth-order valence-electron chi connectivity index (χ4n) is 1.68. The Morgan fingerprint density at radius 1 is 1.23 bits per heavy atom. The molecule has 0 atom stereocenters. The van der Waals surface area contributed by atoms with Crippen molar-refractivity contribution in [2.24, 2.45) is 0 Å². The van der Waals surface area contributed by atoms with Crippen LogP contribution in [0.25, 0.3) is 0 Å². The van der Waals surface area contributed by atoms with Gasteiger partial charge in [-0.2, -0.15) is 0 Å². The first kappa shape index (κ1) is 16.1. The second kappa shape index (κ2) is 6.23. The van der Waals surface area contributed by atoms with Gasteiger partial charge in [0, 0.05) is 11.0 Å². The summed E-state index contributed by atoms with van der Waals surface area (Å²) in [5.74, 6) is -1.40. The summed E-state index contributed by atoms with van der Waals surface area (Å²) in [7, 11) is 0. The van der Waals surface area contributed by atoms with Crippen LogP contribution in [-0.4, -0.2) is 27.2 Å². The monoisotopic (exact) mass is 319 g/mol. The molecule has 2 aromatic rings. The van der Waals surface area contributed by atoms with Gasteiger partial charge in [-0.15, -0.1) is 10.2 Å². The molecular formula is C15H17N3O3S. The molecule has 0 saturated carbocycles. The molecule has 1 heterocycles. The van der Waals surface area contributed by atoms with Gasteiger partial charge in [0.25, 0.3) is 5.91 Å². The maximum absolute atomic E-state index is 12.0. The number of hydrogen-bond donors (Lipinski definition) is 2. The molecule has 0 saturated heterocycles. The molecule has 6 nitrogen and oxygen atoms in total. The summed E-state index contributed by atoms with van der Waals surface area (Å²) in [6.07, 6.45) is 0. The second-order valence-electron chi connectivity index (χ2n) is 5.82. The van der Waals surface area contributed by atoms with E-state index in [2.05, 4.69) is 15.5 Å². The van der Waals surface area contributed by atoms with Gasteiger partial charge in [0.1, 0.15) is 10.0 Å². The highest BCUT2D eigenvalue weighted by atomic mass is 32.1. The number of carboxylic acid groups (broad SMARTS) is 1. The number of hydrogen-bond acceptors (Lipinski definition) is 5. The van der Waals surface area contributed by atoms with E-state index in [1.54, 1.807) is 12.1 Å². The van der Waals surface area contributed by atoms with E-state index in [4.69, 9.17) is 5.11 Å². The first-order chi connectivity index (χ1) is 10.3. The molecule has 2 rings (SSSR count). The summed E-state index contributed by atoms with van der Waals surface area (Å²) in [5.41, 5.74) is 0.314. The Labute approximate surface area is 132 Å². The molecule has 0 fully saturated rings. The van der Waals surface area contributed by atoms with Gasteiger partial charge in [-0.05, 0) is 18.2 Å². The Hall–Kier alpha value is -2.28. The van der Waals surface area contributed by atoms with Crippen LogP contribution in [0.1, 0.15) is 51.5 Å². The summed E-state index contributed by atoms with van der Waals surface area (Å²) in [5, 5.41) is 21.4. The SMILES string of the molecule is CC(C)(C)c1nnc(CNC(=O)c2cccc(C(=O)O)c2)s1. The molecule has 2 N–H and O–H groups in total. The number of nitrogens with zero attached hydrogens (tertiary/aromatic N) is 2. The van der Waals surface area contributed by atoms with Crippen molar-refractivity contribution >= 4 is 23.2 Å². The minimum absolute atomic E-state index is 0.0737. The fraction of sp³-hybridized carbons (Fsp3) is 0.333. The van der Waals surface area contributed by atoms with Crippen molar-refractivity contribution in [2.75, 3.05) is 0 Å². The van der Waals surface area contributed by atoms with Gasteiger partial charge >= 0.3 is 5.97 Å². The standard InChI is InChI=1S/C15H17N3O3S/c1-15(2,3)14-18-17-11(22-14)8-16-12(19)9-5-4-6-10(7-9)13(20)21/h4-7H,8H2,1-3H3,(H,16,19)(H,20,21). The zero-order valence-electron chi connectivity index (χ0n) is 12.6. The van der Waals surface area contributed by atoms with Crippen LogP contribution in [0.5, 0.6) is 0 Å². The number of carbonyl (C=O) groups excluding carboxylic acids is 1. The Morgan fingerprint density at radius 2 is 1.91 bits per heavy atom. The Kier molecular flexibility index (Phi) is 4.56. The van der Waals surface area contributed by atoms with Crippen LogP contribution >= 0.6 is 11.3 Å². The third kappa shape index (κ3) is 3.88. The molecule has 0 aliphatic heterocycles. The van der Waals surface area contributed by atoms with Crippen LogP contribution in [-0.2, 0) is 12.0 Å². The molecule has 0 aliphatic rings. The van der Waals surface area contributed by atoms with Crippen LogP contribution in [0, 0.1) is 0 Å². The number of amides is 1. The first-order valence-electron chi connectivity index (χ1n) is 6.72. The highest BCUT2D eigenvalue weighted by molar-refractivity contribution is 7.11. The van der Waals surface area contributed by atoms with Crippen LogP contribution < -0.4 is 5.32 Å². The number of aromatic carboxylic acids is 1. The van der Waals surface area contributed by atoms with Crippen LogP contribution in [0.15, 0.2) is 24.3 Å². The van der Waals surface area contributed by atoms with Gasteiger partial charge in [-0.1, -0.05) is 38.2 Å². The molecule has 0 bridgehead atoms. The lowest BCUT2D eigenvalue weighted by molar-refractivity contribution is 0.0697. The fourth-order valence-corrected chi connectivity index (χ4v) is 2.52. The highest BCUT2D eigenvalue weighted by Gasteiger charge is 2.19. The average Bonchev–Trinajstić information content (AvgIpc) is 2.94. The molecule has 1 amide bonds. The molecule has 7 heteroatoms. The lowest BCUT2D eigenvalue weighted by Crippen LogP contribution is -2.23. The molecule has 1 aromatic carbocycles. The van der Waals surface area contributed by atoms with Crippen LogP contribution in [0.4, 0.5) is 0 Å². The van der Waals surface area contributed by atoms with Crippen molar-refractivity contribution in [1.29, 1.82) is 0 Å². The van der Waals surface area contributed by atoms with Gasteiger partial charge in [0.15, 0.2) is 0 Å². The lowest BCUT2D eigenvalue weighted by Gasteiger charge is -2.12. The van der Waals surface area contributed by atoms with Gasteiger partial charge in [-0.3, -0.25) is 4.79 Å². The number of rotatable bonds is 4. The van der Waals surface area contributed by atoms with E-state index in [0.717, 1.165) is 5.01 Å². The number of benzene rings is 1. The summed E-state index contributed by atoms with van der Waals surface area (Å²) >= 11 is 1.45. The van der Waals surface area contributed by atoms with E-state index in [1.165, 1.54) is 23.5 Å². The van der Waals surface area contributed by atoms with E-state index in [-0.39, 0.29) is 23.4 Å². The van der Waals surface area contributed by atoms with Gasteiger partial charge in [0.05, 0.1) is 12.1 Å². The summed E-state index contributed by atoms with van der Waals surface area (Å²) in [6, 6.07) is 5.90. The normalized spacial score (nSPS) is 11.2. The van der Waals surface area contributed by atoms with Crippen LogP contribution in [0.2, 0.25) is 0 Å². The third-order valence-corrected chi connectivity index (χ3v) is 4.23. The molecule has 1 aromatic heterocycles. The Balaban J connectivity index is 2.02. The smallest absolute Gasteiger partial charge is 0.335 e. The van der Waals surface area contributed by atoms with Crippen molar-refractivity contribution < 1.29 is 14.7 Å². The van der Waals surface area contributed by atoms with E-state index < -0.39 is 5.97 Å². The van der Waals surface area contributed by atoms with Crippen molar-refractivity contribution in [3.05, 3.63) is 45.4 Å². The Bertz CT molecular complexity index is 704. The minimum atomic E-state index is -1.06. The Morgan fingerprint density at radius 3 is 2.50 bits per heavy atom. The third-order valence-electron chi connectivity index (χ3n) is 2.88. The van der Waals surface area contributed by atoms with Gasteiger partial charge < -0.3 is 10.4 Å². The predicted molar refractivity (Wildman–Crippen MR) is 83.2 cm³/mol. The number of carboxylic acids is 1. The number of aromatic nitrogens is 2. The van der Waals surface area contributed by atoms with Crippen molar-refractivity contribution in [3.8, 4) is 0 Å². The molecule has 116 valence electrons. The maximum atomic E-state index is 12.0. The molecular weight excluding hydrogens is 302 g/mol.